The standard InChI is InChI=1S/C11H21IS/c1-5-11(8-12)6-9(7-13-11)10(2,3)4/h9H,5-8H2,1-4H3. The lowest BCUT2D eigenvalue weighted by atomic mass is 9.77. The summed E-state index contributed by atoms with van der Waals surface area (Å²) in [5, 5.41) is 0. The molecular formula is C11H21IS. The van der Waals surface area contributed by atoms with Crippen LogP contribution in [-0.2, 0) is 0 Å². The van der Waals surface area contributed by atoms with Crippen molar-refractivity contribution >= 4 is 34.4 Å². The first kappa shape index (κ1) is 12.2. The molecule has 0 spiro atoms. The molecule has 1 aliphatic heterocycles. The van der Waals surface area contributed by atoms with Gasteiger partial charge < -0.3 is 0 Å². The second-order valence-corrected chi connectivity index (χ2v) is 7.50. The third kappa shape index (κ3) is 2.77. The fourth-order valence-corrected chi connectivity index (χ4v) is 5.12. The summed E-state index contributed by atoms with van der Waals surface area (Å²) >= 11 is 4.78. The fraction of sp³-hybridized carbons (Fsp3) is 1.00. The SMILES string of the molecule is CCC1(CI)CC(C(C)(C)C)CS1. The van der Waals surface area contributed by atoms with Gasteiger partial charge in [0.2, 0.25) is 0 Å². The third-order valence-electron chi connectivity index (χ3n) is 3.32. The van der Waals surface area contributed by atoms with Crippen molar-refractivity contribution in [2.75, 3.05) is 10.2 Å². The van der Waals surface area contributed by atoms with E-state index in [9.17, 15) is 0 Å². The van der Waals surface area contributed by atoms with Gasteiger partial charge in [0.05, 0.1) is 0 Å². The lowest BCUT2D eigenvalue weighted by Gasteiger charge is -2.29. The van der Waals surface area contributed by atoms with E-state index >= 15 is 0 Å². The van der Waals surface area contributed by atoms with E-state index in [0.717, 1.165) is 5.92 Å². The minimum atomic E-state index is 0.510. The molecule has 1 heterocycles. The number of halogens is 1. The van der Waals surface area contributed by atoms with Crippen molar-refractivity contribution in [2.24, 2.45) is 11.3 Å². The van der Waals surface area contributed by atoms with Crippen LogP contribution in [0.1, 0.15) is 40.5 Å². The predicted molar refractivity (Wildman–Crippen MR) is 71.9 cm³/mol. The van der Waals surface area contributed by atoms with Crippen LogP contribution in [0.15, 0.2) is 0 Å². The summed E-state index contributed by atoms with van der Waals surface area (Å²) in [6.07, 6.45) is 2.77. The van der Waals surface area contributed by atoms with Crippen LogP contribution in [0.5, 0.6) is 0 Å². The van der Waals surface area contributed by atoms with Crippen LogP contribution in [0.2, 0.25) is 0 Å². The predicted octanol–water partition coefficient (Wildman–Crippen LogP) is 4.37. The summed E-state index contributed by atoms with van der Waals surface area (Å²) in [6, 6.07) is 0. The topological polar surface area (TPSA) is 0 Å². The number of rotatable bonds is 2. The molecule has 0 radical (unpaired) electrons. The summed E-state index contributed by atoms with van der Waals surface area (Å²) in [4.78, 5) is 0. The van der Waals surface area contributed by atoms with Crippen LogP contribution < -0.4 is 0 Å². The molecule has 0 aromatic carbocycles. The van der Waals surface area contributed by atoms with Gasteiger partial charge in [-0.2, -0.15) is 11.8 Å². The van der Waals surface area contributed by atoms with Gasteiger partial charge >= 0.3 is 0 Å². The summed E-state index contributed by atoms with van der Waals surface area (Å²) in [6.45, 7) is 9.50. The second kappa shape index (κ2) is 4.30. The second-order valence-electron chi connectivity index (χ2n) is 5.25. The molecule has 2 atom stereocenters. The maximum atomic E-state index is 2.56. The molecule has 1 aliphatic rings. The third-order valence-corrected chi connectivity index (χ3v) is 7.08. The molecule has 2 heteroatoms. The summed E-state index contributed by atoms with van der Waals surface area (Å²) < 4.78 is 1.93. The molecule has 0 aromatic rings. The van der Waals surface area contributed by atoms with E-state index < -0.39 is 0 Å². The number of hydrogen-bond donors (Lipinski definition) is 0. The van der Waals surface area contributed by atoms with Crippen molar-refractivity contribution < 1.29 is 0 Å². The van der Waals surface area contributed by atoms with Crippen molar-refractivity contribution in [3.63, 3.8) is 0 Å². The Morgan fingerprint density at radius 2 is 2.08 bits per heavy atom. The largest absolute Gasteiger partial charge is 0.154 e. The van der Waals surface area contributed by atoms with Crippen LogP contribution in [-0.4, -0.2) is 14.9 Å². The lowest BCUT2D eigenvalue weighted by Crippen LogP contribution is -2.26. The molecule has 0 aromatic heterocycles. The minimum absolute atomic E-state index is 0.510. The molecule has 0 nitrogen and oxygen atoms in total. The smallest absolute Gasteiger partial charge is 0.0250 e. The minimum Gasteiger partial charge on any atom is -0.154 e. The first-order chi connectivity index (χ1) is 5.93. The normalized spacial score (nSPS) is 35.3. The van der Waals surface area contributed by atoms with E-state index in [2.05, 4.69) is 62.0 Å². The van der Waals surface area contributed by atoms with Gasteiger partial charge in [-0.1, -0.05) is 50.3 Å². The Kier molecular flexibility index (Phi) is 4.01. The van der Waals surface area contributed by atoms with Gasteiger partial charge in [-0.05, 0) is 29.9 Å². The van der Waals surface area contributed by atoms with Gasteiger partial charge in [0.15, 0.2) is 0 Å². The Morgan fingerprint density at radius 1 is 1.46 bits per heavy atom. The highest BCUT2D eigenvalue weighted by atomic mass is 127. The molecule has 78 valence electrons. The first-order valence-electron chi connectivity index (χ1n) is 5.13. The van der Waals surface area contributed by atoms with Gasteiger partial charge in [0.1, 0.15) is 0 Å². The molecule has 1 saturated heterocycles. The zero-order chi connectivity index (χ0) is 10.1. The zero-order valence-corrected chi connectivity index (χ0v) is 12.2. The van der Waals surface area contributed by atoms with E-state index in [0.29, 0.717) is 10.2 Å². The molecule has 1 fully saturated rings. The van der Waals surface area contributed by atoms with Gasteiger partial charge in [-0.25, -0.2) is 0 Å². The highest BCUT2D eigenvalue weighted by molar-refractivity contribution is 14.1. The molecule has 2 unspecified atom stereocenters. The molecule has 0 amide bonds. The first-order valence-corrected chi connectivity index (χ1v) is 7.64. The average Bonchev–Trinajstić information content (AvgIpc) is 2.48. The fourth-order valence-electron chi connectivity index (χ4n) is 1.83. The van der Waals surface area contributed by atoms with Gasteiger partial charge in [-0.3, -0.25) is 0 Å². The quantitative estimate of drug-likeness (QED) is 0.539. The number of hydrogen-bond acceptors (Lipinski definition) is 1. The maximum Gasteiger partial charge on any atom is 0.0250 e. The van der Waals surface area contributed by atoms with Crippen LogP contribution in [0.4, 0.5) is 0 Å². The average molecular weight is 312 g/mol. The Morgan fingerprint density at radius 3 is 2.31 bits per heavy atom. The van der Waals surface area contributed by atoms with Crippen molar-refractivity contribution in [3.05, 3.63) is 0 Å². The van der Waals surface area contributed by atoms with E-state index in [1.807, 2.05) is 0 Å². The van der Waals surface area contributed by atoms with E-state index in [1.165, 1.54) is 23.0 Å². The Labute approximate surface area is 101 Å². The van der Waals surface area contributed by atoms with E-state index in [1.54, 1.807) is 0 Å². The van der Waals surface area contributed by atoms with E-state index in [-0.39, 0.29) is 0 Å². The van der Waals surface area contributed by atoms with E-state index in [4.69, 9.17) is 0 Å². The van der Waals surface area contributed by atoms with Crippen molar-refractivity contribution in [3.8, 4) is 0 Å². The zero-order valence-electron chi connectivity index (χ0n) is 9.19. The van der Waals surface area contributed by atoms with Crippen LogP contribution in [0, 0.1) is 11.3 Å². The van der Waals surface area contributed by atoms with Crippen LogP contribution in [0.25, 0.3) is 0 Å². The maximum absolute atomic E-state index is 2.56. The van der Waals surface area contributed by atoms with Gasteiger partial charge in [0.25, 0.3) is 0 Å². The molecule has 0 bridgehead atoms. The Bertz CT molecular complexity index is 167. The molecular weight excluding hydrogens is 291 g/mol. The lowest BCUT2D eigenvalue weighted by molar-refractivity contribution is 0.247. The van der Waals surface area contributed by atoms with Crippen LogP contribution >= 0.6 is 34.4 Å². The molecule has 13 heavy (non-hydrogen) atoms. The highest BCUT2D eigenvalue weighted by Gasteiger charge is 2.41. The van der Waals surface area contributed by atoms with Crippen molar-refractivity contribution in [2.45, 2.75) is 45.3 Å². The summed E-state index contributed by atoms with van der Waals surface area (Å²) in [5.41, 5.74) is 0.510. The monoisotopic (exact) mass is 312 g/mol. The summed E-state index contributed by atoms with van der Waals surface area (Å²) in [5.74, 6) is 2.30. The molecule has 0 N–H and O–H groups in total. The summed E-state index contributed by atoms with van der Waals surface area (Å²) in [7, 11) is 0. The Balaban J connectivity index is 2.62. The number of thioether (sulfide) groups is 1. The van der Waals surface area contributed by atoms with Gasteiger partial charge in [-0.15, -0.1) is 0 Å². The van der Waals surface area contributed by atoms with Crippen molar-refractivity contribution in [1.29, 1.82) is 0 Å². The molecule has 1 rings (SSSR count). The Hall–Kier alpha value is 1.08. The van der Waals surface area contributed by atoms with Gasteiger partial charge in [0, 0.05) is 9.17 Å². The highest BCUT2D eigenvalue weighted by Crippen LogP contribution is 2.50. The number of alkyl halides is 1. The van der Waals surface area contributed by atoms with Crippen molar-refractivity contribution in [1.82, 2.24) is 0 Å². The molecule has 0 aliphatic carbocycles. The van der Waals surface area contributed by atoms with Crippen LogP contribution in [0.3, 0.4) is 0 Å². The molecule has 0 saturated carbocycles.